The van der Waals surface area contributed by atoms with Crippen molar-refractivity contribution in [2.24, 2.45) is 4.99 Å². The van der Waals surface area contributed by atoms with Crippen molar-refractivity contribution < 1.29 is 0 Å². The monoisotopic (exact) mass is 241 g/mol. The van der Waals surface area contributed by atoms with Gasteiger partial charge in [-0.3, -0.25) is 4.99 Å². The van der Waals surface area contributed by atoms with Gasteiger partial charge in [0.25, 0.3) is 0 Å². The highest BCUT2D eigenvalue weighted by molar-refractivity contribution is 5.78. The van der Waals surface area contributed by atoms with Crippen LogP contribution in [-0.2, 0) is 0 Å². The average molecular weight is 241 g/mol. The maximum absolute atomic E-state index is 4.62. The summed E-state index contributed by atoms with van der Waals surface area (Å²) in [6, 6.07) is 8.27. The van der Waals surface area contributed by atoms with E-state index in [1.54, 1.807) is 0 Å². The largest absolute Gasteiger partial charge is 0.287 e. The van der Waals surface area contributed by atoms with Crippen molar-refractivity contribution >= 4 is 18.4 Å². The first-order chi connectivity index (χ1) is 8.63. The molecule has 0 fully saturated rings. The molecule has 1 aromatic carbocycles. The summed E-state index contributed by atoms with van der Waals surface area (Å²) in [5.41, 5.74) is 2.39. The van der Waals surface area contributed by atoms with E-state index in [4.69, 9.17) is 0 Å². The summed E-state index contributed by atoms with van der Waals surface area (Å²) in [6.07, 6.45) is 9.98. The Balaban J connectivity index is 2.70. The number of benzene rings is 1. The molecule has 0 saturated carbocycles. The topological polar surface area (TPSA) is 12.4 Å². The molecule has 18 heavy (non-hydrogen) atoms. The molecule has 0 aliphatic heterocycles. The number of aliphatic imine (C=N–C) groups is 1. The molecule has 0 N–H and O–H groups in total. The standard InChI is InChI=1S/C17H23N/c1-5-15-10-8-11-16(14-15)12-9-13-18-17(4,6-2)7-3/h5,8-14H,1,6-7H2,2-4H3/b12-9+,18-13?. The summed E-state index contributed by atoms with van der Waals surface area (Å²) in [6.45, 7) is 10.3. The summed E-state index contributed by atoms with van der Waals surface area (Å²) < 4.78 is 0. The second kappa shape index (κ2) is 6.95. The number of rotatable bonds is 6. The van der Waals surface area contributed by atoms with E-state index in [1.807, 2.05) is 30.5 Å². The highest BCUT2D eigenvalue weighted by Crippen LogP contribution is 2.18. The van der Waals surface area contributed by atoms with Crippen LogP contribution in [0.2, 0.25) is 0 Å². The Morgan fingerprint density at radius 2 is 1.89 bits per heavy atom. The van der Waals surface area contributed by atoms with Gasteiger partial charge in [0.1, 0.15) is 0 Å². The predicted molar refractivity (Wildman–Crippen MR) is 83.0 cm³/mol. The van der Waals surface area contributed by atoms with Crippen LogP contribution >= 0.6 is 0 Å². The highest BCUT2D eigenvalue weighted by atomic mass is 14.8. The van der Waals surface area contributed by atoms with Gasteiger partial charge in [-0.1, -0.05) is 50.8 Å². The van der Waals surface area contributed by atoms with E-state index >= 15 is 0 Å². The van der Waals surface area contributed by atoms with Gasteiger partial charge >= 0.3 is 0 Å². The van der Waals surface area contributed by atoms with Crippen molar-refractivity contribution in [3.63, 3.8) is 0 Å². The summed E-state index contributed by atoms with van der Waals surface area (Å²) in [5, 5.41) is 0. The van der Waals surface area contributed by atoms with Crippen molar-refractivity contribution in [2.45, 2.75) is 39.2 Å². The van der Waals surface area contributed by atoms with Crippen molar-refractivity contribution in [1.82, 2.24) is 0 Å². The van der Waals surface area contributed by atoms with Crippen LogP contribution in [0.4, 0.5) is 0 Å². The minimum absolute atomic E-state index is 0.0767. The number of hydrogen-bond donors (Lipinski definition) is 0. The Bertz CT molecular complexity index is 437. The predicted octanol–water partition coefficient (Wildman–Crippen LogP) is 4.99. The van der Waals surface area contributed by atoms with E-state index < -0.39 is 0 Å². The first-order valence-corrected chi connectivity index (χ1v) is 6.58. The SMILES string of the molecule is C=Cc1cccc(/C=C/C=NC(C)(CC)CC)c1. The second-order valence-corrected chi connectivity index (χ2v) is 4.72. The average Bonchev–Trinajstić information content (AvgIpc) is 2.43. The molecule has 0 radical (unpaired) electrons. The maximum Gasteiger partial charge on any atom is 0.0574 e. The van der Waals surface area contributed by atoms with Gasteiger partial charge in [0, 0.05) is 6.21 Å². The molecule has 1 rings (SSSR count). The Kier molecular flexibility index (Phi) is 5.57. The summed E-state index contributed by atoms with van der Waals surface area (Å²) >= 11 is 0. The van der Waals surface area contributed by atoms with Gasteiger partial charge in [-0.15, -0.1) is 0 Å². The van der Waals surface area contributed by atoms with Crippen LogP contribution < -0.4 is 0 Å². The van der Waals surface area contributed by atoms with E-state index in [0.29, 0.717) is 0 Å². The zero-order valence-corrected chi connectivity index (χ0v) is 11.7. The zero-order chi connectivity index (χ0) is 13.4. The van der Waals surface area contributed by atoms with Crippen LogP contribution in [0.25, 0.3) is 12.2 Å². The normalized spacial score (nSPS) is 12.4. The molecule has 0 atom stereocenters. The highest BCUT2D eigenvalue weighted by Gasteiger charge is 2.15. The Morgan fingerprint density at radius 1 is 1.22 bits per heavy atom. The van der Waals surface area contributed by atoms with Crippen LogP contribution in [0.5, 0.6) is 0 Å². The van der Waals surface area contributed by atoms with Crippen molar-refractivity contribution in [3.05, 3.63) is 48.0 Å². The van der Waals surface area contributed by atoms with E-state index in [2.05, 4.69) is 50.6 Å². The molecule has 1 aromatic rings. The molecule has 0 saturated heterocycles. The third-order valence-electron chi connectivity index (χ3n) is 3.43. The van der Waals surface area contributed by atoms with Gasteiger partial charge < -0.3 is 0 Å². The van der Waals surface area contributed by atoms with Crippen molar-refractivity contribution in [2.75, 3.05) is 0 Å². The first kappa shape index (κ1) is 14.4. The van der Waals surface area contributed by atoms with Crippen LogP contribution in [0.15, 0.2) is 41.9 Å². The third kappa shape index (κ3) is 4.33. The van der Waals surface area contributed by atoms with E-state index in [1.165, 1.54) is 5.56 Å². The molecule has 0 bridgehead atoms. The molecule has 0 aliphatic rings. The fourth-order valence-electron chi connectivity index (χ4n) is 1.60. The zero-order valence-electron chi connectivity index (χ0n) is 11.7. The molecule has 0 spiro atoms. The molecule has 1 nitrogen and oxygen atoms in total. The molecule has 96 valence electrons. The lowest BCUT2D eigenvalue weighted by Crippen LogP contribution is -2.18. The molecule has 0 heterocycles. The van der Waals surface area contributed by atoms with E-state index in [-0.39, 0.29) is 5.54 Å². The summed E-state index contributed by atoms with van der Waals surface area (Å²) in [7, 11) is 0. The second-order valence-electron chi connectivity index (χ2n) is 4.72. The first-order valence-electron chi connectivity index (χ1n) is 6.58. The Morgan fingerprint density at radius 3 is 2.50 bits per heavy atom. The fourth-order valence-corrected chi connectivity index (χ4v) is 1.60. The third-order valence-corrected chi connectivity index (χ3v) is 3.43. The molecular weight excluding hydrogens is 218 g/mol. The minimum atomic E-state index is 0.0767. The van der Waals surface area contributed by atoms with Gasteiger partial charge in [0.15, 0.2) is 0 Å². The molecule has 0 unspecified atom stereocenters. The van der Waals surface area contributed by atoms with E-state index in [9.17, 15) is 0 Å². The smallest absolute Gasteiger partial charge is 0.0574 e. The lowest BCUT2D eigenvalue weighted by molar-refractivity contribution is 0.443. The van der Waals surface area contributed by atoms with Crippen LogP contribution in [0, 0.1) is 0 Å². The molecular formula is C17H23N. The fraction of sp³-hybridized carbons (Fsp3) is 0.353. The van der Waals surface area contributed by atoms with Gasteiger partial charge in [0.2, 0.25) is 0 Å². The molecule has 0 aromatic heterocycles. The lowest BCUT2D eigenvalue weighted by Gasteiger charge is -2.20. The van der Waals surface area contributed by atoms with Gasteiger partial charge in [-0.05, 0) is 43.0 Å². The van der Waals surface area contributed by atoms with Crippen LogP contribution in [0.1, 0.15) is 44.7 Å². The molecule has 0 aliphatic carbocycles. The molecule has 1 heteroatoms. The molecule has 0 amide bonds. The summed E-state index contributed by atoms with van der Waals surface area (Å²) in [5.74, 6) is 0. The van der Waals surface area contributed by atoms with Crippen molar-refractivity contribution in [1.29, 1.82) is 0 Å². The number of hydrogen-bond acceptors (Lipinski definition) is 1. The van der Waals surface area contributed by atoms with Crippen LogP contribution in [-0.4, -0.2) is 11.8 Å². The lowest BCUT2D eigenvalue weighted by atomic mass is 9.97. The van der Waals surface area contributed by atoms with E-state index in [0.717, 1.165) is 18.4 Å². The number of allylic oxidation sites excluding steroid dienone is 1. The maximum atomic E-state index is 4.62. The van der Waals surface area contributed by atoms with Gasteiger partial charge in [-0.2, -0.15) is 0 Å². The van der Waals surface area contributed by atoms with Gasteiger partial charge in [0.05, 0.1) is 5.54 Å². The number of nitrogens with zero attached hydrogens (tertiary/aromatic N) is 1. The Hall–Kier alpha value is -1.63. The van der Waals surface area contributed by atoms with Crippen LogP contribution in [0.3, 0.4) is 0 Å². The van der Waals surface area contributed by atoms with Gasteiger partial charge in [-0.25, -0.2) is 0 Å². The Labute approximate surface area is 111 Å². The minimum Gasteiger partial charge on any atom is -0.287 e. The quantitative estimate of drug-likeness (QED) is 0.622. The summed E-state index contributed by atoms with van der Waals surface area (Å²) in [4.78, 5) is 4.62. The van der Waals surface area contributed by atoms with Crippen molar-refractivity contribution in [3.8, 4) is 0 Å².